The number of fused-ring (bicyclic) bond motifs is 1. The summed E-state index contributed by atoms with van der Waals surface area (Å²) in [6.07, 6.45) is 5.73. The molecule has 0 aromatic heterocycles. The summed E-state index contributed by atoms with van der Waals surface area (Å²) in [5.74, 6) is 0.246. The standard InChI is InChI=1S/C29H34BN3O4/c1-27(2)28(3,4)37-30(36-27)22-13-10-19(11-14-22)23(31)18-32-25-17-29(25)16-21-12-15-24(21)33(29)35-26(34)20-8-6-5-7-9-20/h5-11,13-14,18,21,24H,12,15-17,31H2,1-4H3/b23-18-,32-25?/t21-,24-,29?/m1/s1. The second-order valence-electron chi connectivity index (χ2n) is 11.8. The van der Waals surface area contributed by atoms with E-state index in [-0.39, 0.29) is 28.8 Å². The molecule has 1 spiro atoms. The average Bonchev–Trinajstić information content (AvgIpc) is 3.46. The van der Waals surface area contributed by atoms with Crippen molar-refractivity contribution in [3.8, 4) is 0 Å². The Labute approximate surface area is 218 Å². The van der Waals surface area contributed by atoms with Gasteiger partial charge in [0.1, 0.15) is 5.54 Å². The second-order valence-corrected chi connectivity index (χ2v) is 11.8. The van der Waals surface area contributed by atoms with Crippen molar-refractivity contribution in [3.05, 3.63) is 71.9 Å². The van der Waals surface area contributed by atoms with E-state index < -0.39 is 7.12 Å². The van der Waals surface area contributed by atoms with Gasteiger partial charge in [0.15, 0.2) is 0 Å². The van der Waals surface area contributed by atoms with Gasteiger partial charge in [-0.15, -0.1) is 5.06 Å². The quantitative estimate of drug-likeness (QED) is 0.624. The highest BCUT2D eigenvalue weighted by Gasteiger charge is 2.68. The van der Waals surface area contributed by atoms with E-state index in [1.54, 1.807) is 18.3 Å². The Hall–Kier alpha value is -2.94. The van der Waals surface area contributed by atoms with Crippen molar-refractivity contribution in [1.29, 1.82) is 0 Å². The Morgan fingerprint density at radius 2 is 1.70 bits per heavy atom. The molecule has 2 aliphatic carbocycles. The lowest BCUT2D eigenvalue weighted by Crippen LogP contribution is -2.45. The largest absolute Gasteiger partial charge is 0.494 e. The van der Waals surface area contributed by atoms with Crippen molar-refractivity contribution in [2.45, 2.75) is 76.2 Å². The van der Waals surface area contributed by atoms with Gasteiger partial charge in [-0.3, -0.25) is 4.99 Å². The van der Waals surface area contributed by atoms with Gasteiger partial charge in [-0.25, -0.2) is 4.79 Å². The van der Waals surface area contributed by atoms with E-state index >= 15 is 0 Å². The van der Waals surface area contributed by atoms with E-state index in [1.165, 1.54) is 6.42 Å². The molecule has 8 heteroatoms. The Morgan fingerprint density at radius 3 is 2.32 bits per heavy atom. The molecule has 0 radical (unpaired) electrons. The molecule has 2 aromatic carbocycles. The van der Waals surface area contributed by atoms with E-state index in [0.29, 0.717) is 17.2 Å². The smallest absolute Gasteiger partial charge is 0.399 e. The van der Waals surface area contributed by atoms with Gasteiger partial charge in [-0.2, -0.15) is 0 Å². The lowest BCUT2D eigenvalue weighted by atomic mass is 9.79. The molecular formula is C29H34BN3O4. The number of aliphatic imine (C=N–C) groups is 1. The summed E-state index contributed by atoms with van der Waals surface area (Å²) in [6.45, 7) is 8.19. The van der Waals surface area contributed by atoms with Gasteiger partial charge in [-0.1, -0.05) is 42.5 Å². The first-order chi connectivity index (χ1) is 17.6. The molecule has 2 aromatic rings. The van der Waals surface area contributed by atoms with Crippen molar-refractivity contribution < 1.29 is 18.9 Å². The SMILES string of the molecule is CC1(C)OB(c2ccc(/C(N)=C/N=C3CC34C[C@H]3CC[C@H]3N4OC(=O)c3ccccc3)cc2)OC1(C)C. The van der Waals surface area contributed by atoms with E-state index in [1.807, 2.05) is 75.2 Å². The Balaban J connectivity index is 1.15. The Kier molecular flexibility index (Phi) is 5.64. The minimum atomic E-state index is -0.405. The second kappa shape index (κ2) is 8.55. The van der Waals surface area contributed by atoms with Crippen LogP contribution in [0.1, 0.15) is 69.3 Å². The van der Waals surface area contributed by atoms with Gasteiger partial charge < -0.3 is 19.9 Å². The van der Waals surface area contributed by atoms with Crippen LogP contribution < -0.4 is 11.2 Å². The number of rotatable bonds is 5. The molecule has 2 heterocycles. The molecule has 6 rings (SSSR count). The lowest BCUT2D eigenvalue weighted by molar-refractivity contribution is -0.161. The topological polar surface area (TPSA) is 86.4 Å². The average molecular weight is 499 g/mol. The fourth-order valence-corrected chi connectivity index (χ4v) is 5.64. The van der Waals surface area contributed by atoms with Crippen molar-refractivity contribution in [2.24, 2.45) is 16.6 Å². The van der Waals surface area contributed by atoms with Crippen molar-refractivity contribution in [3.63, 3.8) is 0 Å². The zero-order valence-corrected chi connectivity index (χ0v) is 21.9. The zero-order valence-electron chi connectivity index (χ0n) is 21.9. The van der Waals surface area contributed by atoms with Crippen LogP contribution >= 0.6 is 0 Å². The minimum Gasteiger partial charge on any atom is -0.399 e. The van der Waals surface area contributed by atoms with Crippen LogP contribution in [-0.4, -0.2) is 46.6 Å². The maximum atomic E-state index is 12.8. The van der Waals surface area contributed by atoms with Gasteiger partial charge in [-0.05, 0) is 76.0 Å². The maximum Gasteiger partial charge on any atom is 0.494 e. The number of carbonyl (C=O) groups is 1. The van der Waals surface area contributed by atoms with Crippen LogP contribution in [0, 0.1) is 5.92 Å². The van der Waals surface area contributed by atoms with Crippen LogP contribution in [0.5, 0.6) is 0 Å². The first kappa shape index (κ1) is 24.4. The normalized spacial score (nSPS) is 30.9. The molecule has 3 atom stereocenters. The summed E-state index contributed by atoms with van der Waals surface area (Å²) >= 11 is 0. The van der Waals surface area contributed by atoms with Crippen LogP contribution in [0.15, 0.2) is 65.8 Å². The van der Waals surface area contributed by atoms with Gasteiger partial charge in [0.05, 0.1) is 34.7 Å². The summed E-state index contributed by atoms with van der Waals surface area (Å²) in [4.78, 5) is 23.5. The van der Waals surface area contributed by atoms with Gasteiger partial charge in [0.25, 0.3) is 0 Å². The summed E-state index contributed by atoms with van der Waals surface area (Å²) < 4.78 is 12.3. The number of hydrogen-bond donors (Lipinski definition) is 1. The Morgan fingerprint density at radius 1 is 1.03 bits per heavy atom. The van der Waals surface area contributed by atoms with E-state index in [0.717, 1.165) is 36.0 Å². The first-order valence-corrected chi connectivity index (χ1v) is 13.2. The molecular weight excluding hydrogens is 465 g/mol. The monoisotopic (exact) mass is 499 g/mol. The molecule has 4 fully saturated rings. The molecule has 37 heavy (non-hydrogen) atoms. The molecule has 2 saturated carbocycles. The minimum absolute atomic E-state index is 0.282. The molecule has 7 nitrogen and oxygen atoms in total. The summed E-state index contributed by atoms with van der Waals surface area (Å²) in [7, 11) is -0.405. The fourth-order valence-electron chi connectivity index (χ4n) is 5.64. The van der Waals surface area contributed by atoms with E-state index in [4.69, 9.17) is 24.9 Å². The molecule has 2 aliphatic heterocycles. The molecule has 192 valence electrons. The third kappa shape index (κ3) is 4.11. The number of carbonyl (C=O) groups excluding carboxylic acids is 1. The number of benzene rings is 2. The summed E-state index contributed by atoms with van der Waals surface area (Å²) in [5, 5.41) is 1.94. The molecule has 2 N–H and O–H groups in total. The molecule has 4 aliphatic rings. The van der Waals surface area contributed by atoms with Crippen molar-refractivity contribution >= 4 is 30.0 Å². The number of hydroxylamine groups is 2. The highest BCUT2D eigenvalue weighted by atomic mass is 16.7. The fraction of sp³-hybridized carbons (Fsp3) is 0.448. The predicted octanol–water partition coefficient (Wildman–Crippen LogP) is 4.08. The molecule has 1 unspecified atom stereocenters. The summed E-state index contributed by atoms with van der Waals surface area (Å²) in [6, 6.07) is 17.4. The maximum absolute atomic E-state index is 12.8. The number of hydrogen-bond acceptors (Lipinski definition) is 7. The van der Waals surface area contributed by atoms with Gasteiger partial charge in [0, 0.05) is 12.1 Å². The number of nitrogens with two attached hydrogens (primary N) is 1. The molecule has 2 saturated heterocycles. The third-order valence-corrected chi connectivity index (χ3v) is 8.89. The first-order valence-electron chi connectivity index (χ1n) is 13.2. The van der Waals surface area contributed by atoms with Crippen molar-refractivity contribution in [1.82, 2.24) is 5.06 Å². The number of nitrogens with zero attached hydrogens (tertiary/aromatic N) is 2. The third-order valence-electron chi connectivity index (χ3n) is 8.89. The highest BCUT2D eigenvalue weighted by Crippen LogP contribution is 2.58. The van der Waals surface area contributed by atoms with Gasteiger partial charge >= 0.3 is 13.1 Å². The van der Waals surface area contributed by atoms with Crippen LogP contribution in [-0.2, 0) is 14.1 Å². The predicted molar refractivity (Wildman–Crippen MR) is 144 cm³/mol. The van der Waals surface area contributed by atoms with E-state index in [2.05, 4.69) is 0 Å². The molecule has 0 amide bonds. The Bertz CT molecular complexity index is 1260. The van der Waals surface area contributed by atoms with E-state index in [9.17, 15) is 4.79 Å². The zero-order chi connectivity index (χ0) is 26.0. The van der Waals surface area contributed by atoms with Crippen LogP contribution in [0.3, 0.4) is 0 Å². The lowest BCUT2D eigenvalue weighted by Gasteiger charge is -2.35. The highest BCUT2D eigenvalue weighted by molar-refractivity contribution is 6.62. The van der Waals surface area contributed by atoms with Crippen molar-refractivity contribution in [2.75, 3.05) is 0 Å². The van der Waals surface area contributed by atoms with Gasteiger partial charge in [0.2, 0.25) is 0 Å². The van der Waals surface area contributed by atoms with Crippen LogP contribution in [0.2, 0.25) is 0 Å². The summed E-state index contributed by atoms with van der Waals surface area (Å²) in [5.41, 5.74) is 9.38. The molecule has 0 bridgehead atoms. The van der Waals surface area contributed by atoms with Crippen LogP contribution in [0.4, 0.5) is 0 Å². The van der Waals surface area contributed by atoms with Crippen LogP contribution in [0.25, 0.3) is 5.70 Å².